The maximum atomic E-state index is 15.9. The molecule has 6 aromatic rings. The minimum absolute atomic E-state index is 0.0752. The molecule has 4 N–H and O–H groups in total. The van der Waals surface area contributed by atoms with Crippen LogP contribution in [0.1, 0.15) is 93.4 Å². The number of rotatable bonds is 15. The molecule has 2 aromatic carbocycles. The number of nitrogens with one attached hydrogen (secondary N) is 4. The van der Waals surface area contributed by atoms with Crippen molar-refractivity contribution >= 4 is 45.8 Å². The number of fused-ring (bicyclic) bond motifs is 1. The molecule has 0 bridgehead atoms. The van der Waals surface area contributed by atoms with Gasteiger partial charge in [-0.1, -0.05) is 32.9 Å². The Morgan fingerprint density at radius 1 is 0.984 bits per heavy atom. The molecule has 2 aliphatic rings. The number of nitrogens with zero attached hydrogens (tertiary/aromatic N) is 7. The first-order valence-electron chi connectivity index (χ1n) is 21.7. The molecule has 0 radical (unpaired) electrons. The molecular formula is C47H54FN11O4. The van der Waals surface area contributed by atoms with Crippen LogP contribution < -0.4 is 25.8 Å². The molecule has 2 fully saturated rings. The second-order valence-electron chi connectivity index (χ2n) is 17.7. The minimum Gasteiger partial charge on any atom is -0.383 e. The van der Waals surface area contributed by atoms with Crippen molar-refractivity contribution in [3.63, 3.8) is 0 Å². The maximum absolute atomic E-state index is 15.9. The summed E-state index contributed by atoms with van der Waals surface area (Å²) in [7, 11) is 0. The molecular weight excluding hydrogens is 802 g/mol. The summed E-state index contributed by atoms with van der Waals surface area (Å²) >= 11 is 0. The van der Waals surface area contributed by atoms with Gasteiger partial charge in [0.1, 0.15) is 17.8 Å². The third-order valence-electron chi connectivity index (χ3n) is 12.0. The number of carbonyl (C=O) groups is 3. The third kappa shape index (κ3) is 9.91. The number of piperidine rings is 1. The second kappa shape index (κ2) is 18.4. The number of anilines is 3. The lowest BCUT2D eigenvalue weighted by Crippen LogP contribution is -2.49. The number of carbonyl (C=O) groups excluding carboxylic acids is 3. The smallest absolute Gasteiger partial charge is 0.328 e. The minimum atomic E-state index is -0.399. The van der Waals surface area contributed by atoms with Crippen molar-refractivity contribution in [2.24, 2.45) is 5.92 Å². The molecule has 6 heterocycles. The van der Waals surface area contributed by atoms with Crippen molar-refractivity contribution in [1.29, 1.82) is 0 Å². The van der Waals surface area contributed by atoms with Crippen molar-refractivity contribution in [2.75, 3.05) is 54.4 Å². The van der Waals surface area contributed by atoms with Gasteiger partial charge in [-0.3, -0.25) is 24.8 Å². The van der Waals surface area contributed by atoms with Gasteiger partial charge in [-0.15, -0.1) is 0 Å². The van der Waals surface area contributed by atoms with Gasteiger partial charge in [-0.25, -0.2) is 19.2 Å². The zero-order valence-electron chi connectivity index (χ0n) is 36.4. The van der Waals surface area contributed by atoms with Gasteiger partial charge in [0.15, 0.2) is 0 Å². The van der Waals surface area contributed by atoms with Crippen LogP contribution in [0.2, 0.25) is 0 Å². The zero-order valence-corrected chi connectivity index (χ0v) is 36.4. The number of H-pyrrole nitrogens is 1. The highest BCUT2D eigenvalue weighted by molar-refractivity contribution is 6.05. The van der Waals surface area contributed by atoms with E-state index < -0.39 is 5.82 Å². The molecule has 0 unspecified atom stereocenters. The fraction of sp³-hybridized carbons (Fsp3) is 0.404. The van der Waals surface area contributed by atoms with E-state index in [0.29, 0.717) is 53.5 Å². The quantitative estimate of drug-likeness (QED) is 0.0578. The van der Waals surface area contributed by atoms with Crippen molar-refractivity contribution in [1.82, 2.24) is 40.7 Å². The van der Waals surface area contributed by atoms with Gasteiger partial charge in [0.25, 0.3) is 0 Å². The number of ketones is 1. The van der Waals surface area contributed by atoms with Gasteiger partial charge in [0.2, 0.25) is 23.4 Å². The Hall–Kier alpha value is -6.55. The van der Waals surface area contributed by atoms with E-state index in [2.05, 4.69) is 58.1 Å². The first-order chi connectivity index (χ1) is 30.3. The van der Waals surface area contributed by atoms with Crippen molar-refractivity contribution in [3.8, 4) is 22.6 Å². The molecule has 8 rings (SSSR count). The van der Waals surface area contributed by atoms with E-state index in [-0.39, 0.29) is 41.3 Å². The second-order valence-corrected chi connectivity index (χ2v) is 17.7. The van der Waals surface area contributed by atoms with Gasteiger partial charge in [-0.05, 0) is 110 Å². The van der Waals surface area contributed by atoms with Crippen LogP contribution in [-0.2, 0) is 10.2 Å². The van der Waals surface area contributed by atoms with E-state index in [1.54, 1.807) is 17.2 Å². The van der Waals surface area contributed by atoms with Crippen LogP contribution in [0.5, 0.6) is 0 Å². The SMILES string of the molecule is Cc1cc(-c2ncnc3[nH]c(-c4ccc(NCCNCC5CCN(c6ccc(N7CCC(=O)NC7=O)cc6)CC5)cn4)cc23)c(F)cc1[C@@H](C)CCC(=O)c1noc(C(C)(C)C)n1. The molecule has 15 nitrogen and oxygen atoms in total. The summed E-state index contributed by atoms with van der Waals surface area (Å²) in [4.78, 5) is 61.8. The molecule has 0 aliphatic carbocycles. The first kappa shape index (κ1) is 43.1. The fourth-order valence-corrected chi connectivity index (χ4v) is 8.27. The van der Waals surface area contributed by atoms with Crippen LogP contribution in [0.25, 0.3) is 33.7 Å². The molecule has 16 heteroatoms. The highest BCUT2D eigenvalue weighted by Crippen LogP contribution is 2.35. The largest absolute Gasteiger partial charge is 0.383 e. The number of Topliss-reactive ketones (excluding diaryl/α,β-unsaturated/α-hetero) is 1. The van der Waals surface area contributed by atoms with E-state index in [9.17, 15) is 14.4 Å². The van der Waals surface area contributed by atoms with Crippen LogP contribution in [-0.4, -0.2) is 87.1 Å². The number of hydrogen-bond donors (Lipinski definition) is 4. The van der Waals surface area contributed by atoms with Gasteiger partial charge in [0.05, 0.1) is 29.0 Å². The van der Waals surface area contributed by atoms with Gasteiger partial charge in [0, 0.05) is 73.3 Å². The lowest BCUT2D eigenvalue weighted by molar-refractivity contribution is -0.120. The van der Waals surface area contributed by atoms with E-state index in [1.807, 2.05) is 71.0 Å². The fourth-order valence-electron chi connectivity index (χ4n) is 8.27. The summed E-state index contributed by atoms with van der Waals surface area (Å²) < 4.78 is 21.2. The van der Waals surface area contributed by atoms with Gasteiger partial charge < -0.3 is 25.0 Å². The molecule has 3 amide bonds. The van der Waals surface area contributed by atoms with Gasteiger partial charge in [-0.2, -0.15) is 4.98 Å². The lowest BCUT2D eigenvalue weighted by atomic mass is 9.89. The number of imide groups is 1. The maximum Gasteiger partial charge on any atom is 0.328 e. The van der Waals surface area contributed by atoms with Crippen LogP contribution in [0.15, 0.2) is 71.6 Å². The normalized spacial score (nSPS) is 15.5. The molecule has 0 spiro atoms. The van der Waals surface area contributed by atoms with Crippen LogP contribution in [0.4, 0.5) is 26.2 Å². The Morgan fingerprint density at radius 2 is 1.76 bits per heavy atom. The summed E-state index contributed by atoms with van der Waals surface area (Å²) in [6, 6.07) is 16.9. The lowest BCUT2D eigenvalue weighted by Gasteiger charge is -2.34. The Morgan fingerprint density at radius 3 is 2.48 bits per heavy atom. The van der Waals surface area contributed by atoms with Crippen molar-refractivity contribution < 1.29 is 23.3 Å². The highest BCUT2D eigenvalue weighted by atomic mass is 19.1. The Bertz CT molecular complexity index is 2590. The summed E-state index contributed by atoms with van der Waals surface area (Å²) in [5.41, 5.74) is 7.13. The number of halogens is 1. The Kier molecular flexibility index (Phi) is 12.6. The standard InChI is InChI=1S/C47H54FN11O4/c1-28(6-13-40(60)44-56-45(63-57-44)47(3,4)5)34-23-37(48)35(22-29(34)2)42-36-24-39(54-43(36)53-27-52-42)38-12-7-31(26-51-38)50-18-17-49-25-30-14-19-58(20-15-30)32-8-10-33(11-9-32)59-21-16-41(61)55-46(59)62/h7-12,22-24,26-28,30,49-50H,6,13-21,25H2,1-5H3,(H,52,53,54)(H,55,61,62)/t28-/m0/s1. The molecule has 0 saturated carbocycles. The molecule has 328 valence electrons. The predicted molar refractivity (Wildman–Crippen MR) is 240 cm³/mol. The number of pyridine rings is 1. The van der Waals surface area contributed by atoms with Crippen LogP contribution in [0, 0.1) is 18.7 Å². The Balaban J connectivity index is 0.800. The predicted octanol–water partition coefficient (Wildman–Crippen LogP) is 7.95. The molecule has 2 saturated heterocycles. The average Bonchev–Trinajstić information content (AvgIpc) is 3.96. The zero-order chi connectivity index (χ0) is 44.3. The van der Waals surface area contributed by atoms with E-state index >= 15 is 4.39 Å². The average molecular weight is 856 g/mol. The van der Waals surface area contributed by atoms with Crippen LogP contribution >= 0.6 is 0 Å². The molecule has 2 aliphatic heterocycles. The highest BCUT2D eigenvalue weighted by Gasteiger charge is 2.27. The van der Waals surface area contributed by atoms with E-state index in [4.69, 9.17) is 9.51 Å². The number of urea groups is 1. The van der Waals surface area contributed by atoms with Crippen molar-refractivity contribution in [2.45, 2.75) is 78.1 Å². The number of aryl methyl sites for hydroxylation is 1. The number of benzene rings is 2. The first-order valence-corrected chi connectivity index (χ1v) is 21.7. The van der Waals surface area contributed by atoms with E-state index in [1.165, 1.54) is 6.33 Å². The van der Waals surface area contributed by atoms with E-state index in [0.717, 1.165) is 85.1 Å². The van der Waals surface area contributed by atoms with Gasteiger partial charge >= 0.3 is 6.03 Å². The number of amides is 3. The molecule has 1 atom stereocenters. The number of aromatic nitrogens is 6. The summed E-state index contributed by atoms with van der Waals surface area (Å²) in [6.07, 6.45) is 6.46. The number of hydrogen-bond acceptors (Lipinski definition) is 12. The van der Waals surface area contributed by atoms with Crippen molar-refractivity contribution in [3.05, 3.63) is 95.8 Å². The summed E-state index contributed by atoms with van der Waals surface area (Å²) in [6.45, 7) is 14.6. The van der Waals surface area contributed by atoms with Crippen LogP contribution in [0.3, 0.4) is 0 Å². The Labute approximate surface area is 365 Å². The summed E-state index contributed by atoms with van der Waals surface area (Å²) in [5.74, 6) is 0.171. The monoisotopic (exact) mass is 855 g/mol. The summed E-state index contributed by atoms with van der Waals surface area (Å²) in [5, 5.41) is 14.0. The third-order valence-corrected chi connectivity index (χ3v) is 12.0. The topological polar surface area (TPSA) is 187 Å². The molecule has 63 heavy (non-hydrogen) atoms. The molecule has 4 aromatic heterocycles. The number of aromatic amines is 1.